The Balaban J connectivity index is 2.55. The van der Waals surface area contributed by atoms with Crippen molar-refractivity contribution in [3.05, 3.63) is 34.1 Å². The van der Waals surface area contributed by atoms with Crippen LogP contribution in [-0.4, -0.2) is 22.2 Å². The molecule has 0 saturated heterocycles. The molecule has 4 heteroatoms. The smallest absolute Gasteiger partial charge is 0.123 e. The predicted molar refractivity (Wildman–Crippen MR) is 71.4 cm³/mol. The zero-order chi connectivity index (χ0) is 12.1. The van der Waals surface area contributed by atoms with Gasteiger partial charge in [-0.2, -0.15) is 11.8 Å². The Kier molecular flexibility index (Phi) is 5.79. The van der Waals surface area contributed by atoms with Gasteiger partial charge >= 0.3 is 0 Å². The van der Waals surface area contributed by atoms with E-state index < -0.39 is 6.10 Å². The standard InChI is InChI=1S/C12H16BrFOS/c1-8(2)16-7-11(15)6-9-5-10(14)3-4-12(9)13/h3-5,8,11,15H,6-7H2,1-2H3. The van der Waals surface area contributed by atoms with Crippen molar-refractivity contribution in [2.24, 2.45) is 0 Å². The van der Waals surface area contributed by atoms with E-state index in [0.717, 1.165) is 10.0 Å². The molecule has 0 amide bonds. The maximum absolute atomic E-state index is 13.0. The zero-order valence-corrected chi connectivity index (χ0v) is 11.8. The second-order valence-electron chi connectivity index (χ2n) is 3.98. The lowest BCUT2D eigenvalue weighted by atomic mass is 10.1. The topological polar surface area (TPSA) is 20.2 Å². The summed E-state index contributed by atoms with van der Waals surface area (Å²) in [5.74, 6) is 0.419. The monoisotopic (exact) mass is 306 g/mol. The Morgan fingerprint density at radius 3 is 2.75 bits per heavy atom. The molecule has 1 unspecified atom stereocenters. The Hall–Kier alpha value is -0.0600. The molecular weight excluding hydrogens is 291 g/mol. The number of thioether (sulfide) groups is 1. The third kappa shape index (κ3) is 4.85. The van der Waals surface area contributed by atoms with Crippen molar-refractivity contribution < 1.29 is 9.50 Å². The van der Waals surface area contributed by atoms with E-state index in [1.54, 1.807) is 17.8 Å². The van der Waals surface area contributed by atoms with Gasteiger partial charge in [0, 0.05) is 16.6 Å². The summed E-state index contributed by atoms with van der Waals surface area (Å²) in [6.45, 7) is 4.19. The largest absolute Gasteiger partial charge is 0.392 e. The molecule has 0 saturated carbocycles. The van der Waals surface area contributed by atoms with Gasteiger partial charge in [-0.25, -0.2) is 4.39 Å². The first-order chi connectivity index (χ1) is 7.49. The highest BCUT2D eigenvalue weighted by Gasteiger charge is 2.10. The second-order valence-corrected chi connectivity index (χ2v) is 6.44. The predicted octanol–water partition coefficient (Wildman–Crippen LogP) is 3.63. The Bertz CT molecular complexity index is 344. The molecule has 0 aliphatic heterocycles. The summed E-state index contributed by atoms with van der Waals surface area (Å²) in [6, 6.07) is 4.54. The molecule has 0 fully saturated rings. The van der Waals surface area contributed by atoms with Crippen LogP contribution in [-0.2, 0) is 6.42 Å². The van der Waals surface area contributed by atoms with E-state index in [-0.39, 0.29) is 5.82 Å². The van der Waals surface area contributed by atoms with E-state index in [0.29, 0.717) is 17.4 Å². The highest BCUT2D eigenvalue weighted by molar-refractivity contribution is 9.10. The van der Waals surface area contributed by atoms with Crippen LogP contribution in [0, 0.1) is 5.82 Å². The number of benzene rings is 1. The van der Waals surface area contributed by atoms with Crippen molar-refractivity contribution in [3.8, 4) is 0 Å². The minimum Gasteiger partial charge on any atom is -0.392 e. The van der Waals surface area contributed by atoms with Gasteiger partial charge in [0.15, 0.2) is 0 Å². The number of rotatable bonds is 5. The molecule has 0 bridgehead atoms. The first-order valence-electron chi connectivity index (χ1n) is 5.22. The van der Waals surface area contributed by atoms with E-state index in [4.69, 9.17) is 0 Å². The summed E-state index contributed by atoms with van der Waals surface area (Å²) in [7, 11) is 0. The van der Waals surface area contributed by atoms with E-state index in [1.807, 2.05) is 0 Å². The van der Waals surface area contributed by atoms with E-state index in [1.165, 1.54) is 12.1 Å². The molecule has 1 N–H and O–H groups in total. The summed E-state index contributed by atoms with van der Waals surface area (Å²) in [5, 5.41) is 10.3. The number of hydrogen-bond donors (Lipinski definition) is 1. The Morgan fingerprint density at radius 1 is 1.44 bits per heavy atom. The van der Waals surface area contributed by atoms with Crippen LogP contribution in [0.3, 0.4) is 0 Å². The van der Waals surface area contributed by atoms with Crippen molar-refractivity contribution in [1.82, 2.24) is 0 Å². The first kappa shape index (κ1) is 14.0. The van der Waals surface area contributed by atoms with Crippen LogP contribution in [0.25, 0.3) is 0 Å². The molecule has 0 aliphatic rings. The molecule has 1 nitrogen and oxygen atoms in total. The van der Waals surface area contributed by atoms with E-state index in [9.17, 15) is 9.50 Å². The molecule has 0 aliphatic carbocycles. The van der Waals surface area contributed by atoms with Gasteiger partial charge in [0.2, 0.25) is 0 Å². The summed E-state index contributed by atoms with van der Waals surface area (Å²) >= 11 is 5.06. The average molecular weight is 307 g/mol. The zero-order valence-electron chi connectivity index (χ0n) is 9.41. The maximum Gasteiger partial charge on any atom is 0.123 e. The van der Waals surface area contributed by atoms with E-state index in [2.05, 4.69) is 29.8 Å². The lowest BCUT2D eigenvalue weighted by Gasteiger charge is -2.13. The minimum atomic E-state index is -0.425. The molecule has 16 heavy (non-hydrogen) atoms. The third-order valence-electron chi connectivity index (χ3n) is 2.09. The number of hydrogen-bond acceptors (Lipinski definition) is 2. The normalized spacial score (nSPS) is 13.1. The summed E-state index contributed by atoms with van der Waals surface area (Å²) in [6.07, 6.45) is 0.0587. The van der Waals surface area contributed by atoms with Gasteiger partial charge < -0.3 is 5.11 Å². The van der Waals surface area contributed by atoms with Crippen LogP contribution in [0.2, 0.25) is 0 Å². The number of aliphatic hydroxyl groups excluding tert-OH is 1. The number of aliphatic hydroxyl groups is 1. The van der Waals surface area contributed by atoms with Crippen molar-refractivity contribution in [3.63, 3.8) is 0 Å². The molecule has 0 heterocycles. The minimum absolute atomic E-state index is 0.262. The van der Waals surface area contributed by atoms with Gasteiger partial charge in [-0.1, -0.05) is 29.8 Å². The molecule has 90 valence electrons. The molecule has 1 aromatic rings. The lowest BCUT2D eigenvalue weighted by Crippen LogP contribution is -2.15. The summed E-state index contributed by atoms with van der Waals surface area (Å²) < 4.78 is 13.9. The van der Waals surface area contributed by atoms with Gasteiger partial charge in [0.05, 0.1) is 6.10 Å². The van der Waals surface area contributed by atoms with Crippen LogP contribution in [0.1, 0.15) is 19.4 Å². The van der Waals surface area contributed by atoms with Gasteiger partial charge in [0.1, 0.15) is 5.82 Å². The fourth-order valence-corrected chi connectivity index (χ4v) is 2.45. The summed E-state index contributed by atoms with van der Waals surface area (Å²) in [5.41, 5.74) is 0.817. The van der Waals surface area contributed by atoms with Gasteiger partial charge in [0.25, 0.3) is 0 Å². The molecule has 1 rings (SSSR count). The quantitative estimate of drug-likeness (QED) is 0.896. The fourth-order valence-electron chi connectivity index (χ4n) is 1.32. The van der Waals surface area contributed by atoms with Crippen LogP contribution in [0.5, 0.6) is 0 Å². The highest BCUT2D eigenvalue weighted by Crippen LogP contribution is 2.21. The van der Waals surface area contributed by atoms with Crippen LogP contribution >= 0.6 is 27.7 Å². The van der Waals surface area contributed by atoms with Gasteiger partial charge in [-0.15, -0.1) is 0 Å². The maximum atomic E-state index is 13.0. The van der Waals surface area contributed by atoms with Gasteiger partial charge in [-0.05, 0) is 29.0 Å². The van der Waals surface area contributed by atoms with E-state index >= 15 is 0 Å². The van der Waals surface area contributed by atoms with Crippen LogP contribution < -0.4 is 0 Å². The van der Waals surface area contributed by atoms with Gasteiger partial charge in [-0.3, -0.25) is 0 Å². The molecule has 0 aromatic heterocycles. The first-order valence-corrected chi connectivity index (χ1v) is 7.07. The van der Waals surface area contributed by atoms with Crippen molar-refractivity contribution in [2.45, 2.75) is 31.6 Å². The summed E-state index contributed by atoms with van der Waals surface area (Å²) in [4.78, 5) is 0. The Morgan fingerprint density at radius 2 is 2.12 bits per heavy atom. The molecule has 1 aromatic carbocycles. The van der Waals surface area contributed by atoms with Crippen LogP contribution in [0.4, 0.5) is 4.39 Å². The lowest BCUT2D eigenvalue weighted by molar-refractivity contribution is 0.199. The Labute approximate surface area is 109 Å². The molecule has 0 spiro atoms. The van der Waals surface area contributed by atoms with Crippen LogP contribution in [0.15, 0.2) is 22.7 Å². The fraction of sp³-hybridized carbons (Fsp3) is 0.500. The third-order valence-corrected chi connectivity index (χ3v) is 4.10. The van der Waals surface area contributed by atoms with Crippen molar-refractivity contribution >= 4 is 27.7 Å². The van der Waals surface area contributed by atoms with Crippen molar-refractivity contribution in [2.75, 3.05) is 5.75 Å². The average Bonchev–Trinajstić information content (AvgIpc) is 2.20. The number of halogens is 2. The molecule has 0 radical (unpaired) electrons. The SMILES string of the molecule is CC(C)SCC(O)Cc1cc(F)ccc1Br. The second kappa shape index (κ2) is 6.62. The molecule has 1 atom stereocenters. The molecular formula is C12H16BrFOS. The van der Waals surface area contributed by atoms with Crippen molar-refractivity contribution in [1.29, 1.82) is 0 Å². The highest BCUT2D eigenvalue weighted by atomic mass is 79.9.